The van der Waals surface area contributed by atoms with Crippen LogP contribution in [-0.2, 0) is 13.5 Å². The summed E-state index contributed by atoms with van der Waals surface area (Å²) >= 11 is 0. The summed E-state index contributed by atoms with van der Waals surface area (Å²) in [5.41, 5.74) is 5.67. The van der Waals surface area contributed by atoms with Gasteiger partial charge in [-0.2, -0.15) is 0 Å². The van der Waals surface area contributed by atoms with Gasteiger partial charge in [-0.15, -0.1) is 0 Å². The molecular formula is C30H26NO3+. The largest absolute Gasteiger partial charge is 0.451 e. The first-order chi connectivity index (χ1) is 16.3. The van der Waals surface area contributed by atoms with Crippen LogP contribution in [0.15, 0.2) is 63.8 Å². The number of aromatic nitrogens is 1. The standard InChI is InChI=1S/C30H26NO3/c1-16-18-8-6-7-9-19(18)22(15-30(2,3)4)26-23(16)25-24-17(10-12-31(25)5)14-21-20-11-13-32-29(20)34-27(21)28(24)33-26/h6-14H,15H2,1-5H3/q+1. The van der Waals surface area contributed by atoms with Crippen LogP contribution in [-0.4, -0.2) is 0 Å². The van der Waals surface area contributed by atoms with E-state index >= 15 is 0 Å². The zero-order chi connectivity index (χ0) is 23.4. The number of hydrogen-bond donors (Lipinski definition) is 0. The van der Waals surface area contributed by atoms with Crippen LogP contribution in [0.4, 0.5) is 0 Å². The van der Waals surface area contributed by atoms with E-state index in [1.54, 1.807) is 6.26 Å². The number of furan rings is 2. The Bertz CT molecular complexity index is 1810. The van der Waals surface area contributed by atoms with Gasteiger partial charge in [0.2, 0.25) is 5.69 Å². The van der Waals surface area contributed by atoms with E-state index in [9.17, 15) is 0 Å². The van der Waals surface area contributed by atoms with Gasteiger partial charge in [0, 0.05) is 17.0 Å². The number of ether oxygens (including phenoxy) is 1. The first-order valence-corrected chi connectivity index (χ1v) is 11.8. The lowest BCUT2D eigenvalue weighted by Gasteiger charge is -2.28. The van der Waals surface area contributed by atoms with E-state index in [1.807, 2.05) is 6.07 Å². The Labute approximate surface area is 197 Å². The molecule has 0 N–H and O–H groups in total. The molecule has 6 aromatic rings. The number of benzene rings is 3. The third-order valence-corrected chi connectivity index (χ3v) is 7.13. The van der Waals surface area contributed by atoms with Crippen molar-refractivity contribution in [2.24, 2.45) is 12.5 Å². The highest BCUT2D eigenvalue weighted by atomic mass is 16.5. The zero-order valence-electron chi connectivity index (χ0n) is 20.1. The third-order valence-electron chi connectivity index (χ3n) is 7.13. The number of pyridine rings is 1. The lowest BCUT2D eigenvalue weighted by Crippen LogP contribution is -2.32. The van der Waals surface area contributed by atoms with Crippen molar-refractivity contribution in [1.82, 2.24) is 0 Å². The second kappa shape index (κ2) is 6.41. The second-order valence-corrected chi connectivity index (χ2v) is 10.7. The molecule has 3 aromatic heterocycles. The Morgan fingerprint density at radius 2 is 1.71 bits per heavy atom. The van der Waals surface area contributed by atoms with Crippen LogP contribution in [0, 0.1) is 12.3 Å². The van der Waals surface area contributed by atoms with Gasteiger partial charge in [0.1, 0.15) is 18.2 Å². The molecule has 0 aliphatic carbocycles. The minimum Gasteiger partial charge on any atom is -0.451 e. The topological polar surface area (TPSA) is 39.4 Å². The van der Waals surface area contributed by atoms with Gasteiger partial charge in [-0.25, -0.2) is 4.57 Å². The Hall–Kier alpha value is -3.79. The summed E-state index contributed by atoms with van der Waals surface area (Å²) in [6.07, 6.45) is 4.72. The smallest absolute Gasteiger partial charge is 0.298 e. The van der Waals surface area contributed by atoms with Crippen LogP contribution in [0.2, 0.25) is 0 Å². The highest BCUT2D eigenvalue weighted by Gasteiger charge is 2.35. The first kappa shape index (κ1) is 19.7. The number of fused-ring (bicyclic) bond motifs is 7. The van der Waals surface area contributed by atoms with E-state index in [-0.39, 0.29) is 5.41 Å². The molecule has 4 heterocycles. The van der Waals surface area contributed by atoms with Crippen LogP contribution in [0.25, 0.3) is 54.9 Å². The van der Waals surface area contributed by atoms with Gasteiger partial charge in [-0.1, -0.05) is 45.0 Å². The fourth-order valence-electron chi connectivity index (χ4n) is 5.70. The molecule has 3 aromatic carbocycles. The predicted octanol–water partition coefficient (Wildman–Crippen LogP) is 7.98. The predicted molar refractivity (Wildman–Crippen MR) is 136 cm³/mol. The fourth-order valence-corrected chi connectivity index (χ4v) is 5.70. The number of aryl methyl sites for hydroxylation is 2. The normalized spacial score (nSPS) is 13.2. The van der Waals surface area contributed by atoms with Crippen molar-refractivity contribution in [3.8, 4) is 22.8 Å². The molecule has 7 rings (SSSR count). The zero-order valence-corrected chi connectivity index (χ0v) is 20.1. The SMILES string of the molecule is Cc1c2c(c(CC(C)(C)C)c3ccccc13)Oc1c3oc4occc4c3cc3cc[n+](C)c-2c13. The van der Waals surface area contributed by atoms with E-state index in [0.29, 0.717) is 5.78 Å². The van der Waals surface area contributed by atoms with Crippen molar-refractivity contribution in [3.63, 3.8) is 0 Å². The minimum absolute atomic E-state index is 0.0974. The van der Waals surface area contributed by atoms with Gasteiger partial charge in [0.05, 0.1) is 17.2 Å². The molecule has 1 aliphatic rings. The molecule has 168 valence electrons. The molecule has 4 nitrogen and oxygen atoms in total. The fraction of sp³-hybridized carbons (Fsp3) is 0.233. The Morgan fingerprint density at radius 1 is 0.912 bits per heavy atom. The van der Waals surface area contributed by atoms with Gasteiger partial charge < -0.3 is 13.6 Å². The maximum absolute atomic E-state index is 6.93. The van der Waals surface area contributed by atoms with Gasteiger partial charge in [0.25, 0.3) is 5.78 Å². The van der Waals surface area contributed by atoms with E-state index < -0.39 is 0 Å². The van der Waals surface area contributed by atoms with E-state index in [2.05, 4.69) is 81.9 Å². The van der Waals surface area contributed by atoms with Crippen LogP contribution in [0.5, 0.6) is 11.5 Å². The average Bonchev–Trinajstić information content (AvgIpc) is 3.40. The molecule has 0 unspecified atom stereocenters. The van der Waals surface area contributed by atoms with Gasteiger partial charge >= 0.3 is 0 Å². The van der Waals surface area contributed by atoms with Gasteiger partial charge in [-0.3, -0.25) is 0 Å². The highest BCUT2D eigenvalue weighted by Crippen LogP contribution is 2.54. The Balaban J connectivity index is 1.70. The van der Waals surface area contributed by atoms with Crippen LogP contribution in [0.3, 0.4) is 0 Å². The molecule has 0 fully saturated rings. The molecular weight excluding hydrogens is 422 g/mol. The van der Waals surface area contributed by atoms with Crippen molar-refractivity contribution in [2.45, 2.75) is 34.1 Å². The summed E-state index contributed by atoms with van der Waals surface area (Å²) in [6, 6.07) is 15.0. The summed E-state index contributed by atoms with van der Waals surface area (Å²) in [5.74, 6) is 2.26. The van der Waals surface area contributed by atoms with Crippen molar-refractivity contribution in [3.05, 3.63) is 66.1 Å². The third kappa shape index (κ3) is 2.51. The van der Waals surface area contributed by atoms with Crippen molar-refractivity contribution < 1.29 is 18.1 Å². The first-order valence-electron chi connectivity index (χ1n) is 11.8. The van der Waals surface area contributed by atoms with Crippen LogP contribution in [0.1, 0.15) is 31.9 Å². The quantitative estimate of drug-likeness (QED) is 0.239. The molecule has 1 aliphatic heterocycles. The maximum atomic E-state index is 6.93. The summed E-state index contributed by atoms with van der Waals surface area (Å²) in [7, 11) is 2.11. The second-order valence-electron chi connectivity index (χ2n) is 10.7. The summed E-state index contributed by atoms with van der Waals surface area (Å²) in [5, 5.41) is 6.75. The van der Waals surface area contributed by atoms with Gasteiger partial charge in [0.15, 0.2) is 17.5 Å². The molecule has 0 saturated carbocycles. The summed E-state index contributed by atoms with van der Waals surface area (Å²) in [4.78, 5) is 0. The minimum atomic E-state index is 0.0974. The van der Waals surface area contributed by atoms with E-state index in [0.717, 1.165) is 45.0 Å². The van der Waals surface area contributed by atoms with Crippen molar-refractivity contribution in [1.29, 1.82) is 0 Å². The number of rotatable bonds is 1. The lowest BCUT2D eigenvalue weighted by atomic mass is 9.81. The van der Waals surface area contributed by atoms with Crippen molar-refractivity contribution in [2.75, 3.05) is 0 Å². The van der Waals surface area contributed by atoms with Crippen LogP contribution < -0.4 is 9.30 Å². The van der Waals surface area contributed by atoms with E-state index in [1.165, 1.54) is 33.2 Å². The van der Waals surface area contributed by atoms with Crippen LogP contribution >= 0.6 is 0 Å². The monoisotopic (exact) mass is 448 g/mol. The summed E-state index contributed by atoms with van der Waals surface area (Å²) in [6.45, 7) is 9.06. The molecule has 0 amide bonds. The molecule has 34 heavy (non-hydrogen) atoms. The Kier molecular flexibility index (Phi) is 3.71. The molecule has 4 heteroatoms. The molecule has 0 radical (unpaired) electrons. The summed E-state index contributed by atoms with van der Waals surface area (Å²) < 4.78 is 21.0. The van der Waals surface area contributed by atoms with Gasteiger partial charge in [-0.05, 0) is 52.6 Å². The van der Waals surface area contributed by atoms with E-state index in [4.69, 9.17) is 13.6 Å². The Morgan fingerprint density at radius 3 is 2.50 bits per heavy atom. The molecule has 0 saturated heterocycles. The highest BCUT2D eigenvalue weighted by molar-refractivity contribution is 6.17. The number of nitrogens with zero attached hydrogens (tertiary/aromatic N) is 1. The molecule has 0 atom stereocenters. The van der Waals surface area contributed by atoms with Crippen molar-refractivity contribution >= 4 is 43.7 Å². The molecule has 0 bridgehead atoms. The maximum Gasteiger partial charge on any atom is 0.298 e. The average molecular weight is 449 g/mol. The number of hydrogen-bond acceptors (Lipinski definition) is 3. The molecule has 0 spiro atoms. The lowest BCUT2D eigenvalue weighted by molar-refractivity contribution is -0.659.